The molecule has 0 spiro atoms. The summed E-state index contributed by atoms with van der Waals surface area (Å²) in [4.78, 5) is 0. The number of hydrogen-bond donors (Lipinski definition) is 0. The van der Waals surface area contributed by atoms with Gasteiger partial charge in [0.25, 0.3) is 0 Å². The molecule has 0 rings (SSSR count). The number of alkyl halides is 2. The van der Waals surface area contributed by atoms with Crippen LogP contribution in [-0.2, 0) is 9.47 Å². The smallest absolute Gasteiger partial charge is 0.130 e. The van der Waals surface area contributed by atoms with Crippen LogP contribution in [0, 0.1) is 0 Å². The van der Waals surface area contributed by atoms with Crippen molar-refractivity contribution in [1.29, 1.82) is 0 Å². The lowest BCUT2D eigenvalue weighted by atomic mass is 10.0. The van der Waals surface area contributed by atoms with E-state index in [4.69, 9.17) is 32.7 Å². The molecule has 0 heterocycles. The molecular weight excluding hydrogens is 621 g/mol. The van der Waals surface area contributed by atoms with Crippen molar-refractivity contribution >= 4 is 23.2 Å². The van der Waals surface area contributed by atoms with Crippen molar-refractivity contribution in [2.75, 3.05) is 47.5 Å². The first kappa shape index (κ1) is 47.2. The van der Waals surface area contributed by atoms with Gasteiger partial charge in [0.2, 0.25) is 0 Å². The summed E-state index contributed by atoms with van der Waals surface area (Å²) in [6.45, 7) is 7.98. The Kier molecular flexibility index (Phi) is 36.2. The minimum atomic E-state index is 0.128. The molecule has 0 bridgehead atoms. The molecule has 0 aliphatic carbocycles. The van der Waals surface area contributed by atoms with E-state index in [1.807, 2.05) is 0 Å². The van der Waals surface area contributed by atoms with E-state index in [0.717, 1.165) is 50.1 Å². The number of unbranched alkanes of at least 4 members (excludes halogenated alkanes) is 22. The Labute approximate surface area is 306 Å². The van der Waals surface area contributed by atoms with Crippen LogP contribution in [0.1, 0.15) is 194 Å². The van der Waals surface area contributed by atoms with Crippen molar-refractivity contribution in [2.24, 2.45) is 0 Å². The number of nitrogens with zero attached hydrogens (tertiary/aromatic N) is 1. The van der Waals surface area contributed by atoms with Crippen LogP contribution in [-0.4, -0.2) is 68.8 Å². The Bertz CT molecular complexity index is 639. The van der Waals surface area contributed by atoms with Crippen LogP contribution in [0.2, 0.25) is 0 Å². The Morgan fingerprint density at radius 1 is 0.489 bits per heavy atom. The van der Waals surface area contributed by atoms with Gasteiger partial charge in [-0.15, -0.1) is 23.2 Å². The number of likely N-dealkylation sites (N-methyl/N-ethyl adjacent to an activating group) is 1. The topological polar surface area (TPSA) is 18.5 Å². The van der Waals surface area contributed by atoms with Crippen LogP contribution in [0.15, 0.2) is 12.2 Å². The lowest BCUT2D eigenvalue weighted by molar-refractivity contribution is -0.873. The van der Waals surface area contributed by atoms with Crippen LogP contribution >= 0.6 is 23.2 Å². The summed E-state index contributed by atoms with van der Waals surface area (Å²) in [5.74, 6) is 0. The molecule has 0 amide bonds. The third-order valence-electron chi connectivity index (χ3n) is 9.31. The number of ether oxygens (including phenoxy) is 2. The summed E-state index contributed by atoms with van der Waals surface area (Å²) >= 11 is 13.2. The summed E-state index contributed by atoms with van der Waals surface area (Å²) in [6.07, 6.45) is 41.2. The zero-order chi connectivity index (χ0) is 34.7. The molecule has 0 aromatic rings. The van der Waals surface area contributed by atoms with Crippen LogP contribution in [0.25, 0.3) is 0 Å². The van der Waals surface area contributed by atoms with E-state index in [2.05, 4.69) is 47.1 Å². The fraction of sp³-hybridized carbons (Fsp3) is 0.952. The molecule has 0 aromatic heterocycles. The molecule has 0 aromatic carbocycles. The van der Waals surface area contributed by atoms with Crippen molar-refractivity contribution in [1.82, 2.24) is 0 Å². The average Bonchev–Trinajstić information content (AvgIpc) is 3.03. The lowest BCUT2D eigenvalue weighted by Gasteiger charge is -2.29. The van der Waals surface area contributed by atoms with Crippen LogP contribution < -0.4 is 0 Å². The zero-order valence-corrected chi connectivity index (χ0v) is 34.0. The largest absolute Gasteiger partial charge is 0.379 e. The first-order chi connectivity index (χ1) is 22.8. The molecule has 0 saturated carbocycles. The van der Waals surface area contributed by atoms with E-state index in [9.17, 15) is 0 Å². The van der Waals surface area contributed by atoms with Gasteiger partial charge >= 0.3 is 0 Å². The first-order valence-corrected chi connectivity index (χ1v) is 21.6. The van der Waals surface area contributed by atoms with Crippen molar-refractivity contribution in [3.8, 4) is 0 Å². The second kappa shape index (κ2) is 36.0. The van der Waals surface area contributed by atoms with E-state index in [0.29, 0.717) is 0 Å². The molecule has 3 unspecified atom stereocenters. The minimum Gasteiger partial charge on any atom is -0.379 e. The molecule has 0 aliphatic heterocycles. The lowest BCUT2D eigenvalue weighted by Crippen LogP contribution is -2.44. The first-order valence-electron chi connectivity index (χ1n) is 20.7. The summed E-state index contributed by atoms with van der Waals surface area (Å²) in [7, 11) is 6.73. The SMILES string of the molecule is CCCCCCCC/C=C\CCCCCCCCOCC(C[N+](C)(C)C)OCCCCCCCCC(Cl)C(Cl)CCCCCCCC. The van der Waals surface area contributed by atoms with Gasteiger partial charge in [0.1, 0.15) is 12.6 Å². The average molecular weight is 706 g/mol. The van der Waals surface area contributed by atoms with Gasteiger partial charge < -0.3 is 14.0 Å². The summed E-state index contributed by atoms with van der Waals surface area (Å²) in [5, 5.41) is 0.263. The van der Waals surface area contributed by atoms with E-state index >= 15 is 0 Å². The highest BCUT2D eigenvalue weighted by Crippen LogP contribution is 2.23. The maximum Gasteiger partial charge on any atom is 0.130 e. The molecule has 0 N–H and O–H groups in total. The predicted molar refractivity (Wildman–Crippen MR) is 213 cm³/mol. The summed E-state index contributed by atoms with van der Waals surface area (Å²) in [6, 6.07) is 0. The zero-order valence-electron chi connectivity index (χ0n) is 32.5. The van der Waals surface area contributed by atoms with Crippen molar-refractivity contribution < 1.29 is 14.0 Å². The fourth-order valence-corrected chi connectivity index (χ4v) is 6.87. The standard InChI is InChI=1S/C42H84Cl2NO2/c1-6-8-10-12-14-15-16-17-18-19-20-21-22-24-28-32-36-46-39-40(38-45(3,4)5)47-37-33-29-25-23-27-31-35-42(44)41(43)34-30-26-13-11-9-7-2/h17-18,40-42H,6-16,19-39H2,1-5H3/q+1/b18-17-. The number of hydrogen-bond acceptors (Lipinski definition) is 2. The Morgan fingerprint density at radius 2 is 0.872 bits per heavy atom. The van der Waals surface area contributed by atoms with Gasteiger partial charge in [-0.05, 0) is 51.4 Å². The van der Waals surface area contributed by atoms with Crippen molar-refractivity contribution in [2.45, 2.75) is 210 Å². The molecule has 0 saturated heterocycles. The third kappa shape index (κ3) is 37.3. The number of rotatable bonds is 38. The molecule has 3 nitrogen and oxygen atoms in total. The van der Waals surface area contributed by atoms with E-state index in [1.165, 1.54) is 161 Å². The highest BCUT2D eigenvalue weighted by atomic mass is 35.5. The second-order valence-electron chi connectivity index (χ2n) is 15.5. The number of quaternary nitrogens is 1. The highest BCUT2D eigenvalue weighted by molar-refractivity contribution is 6.29. The maximum atomic E-state index is 6.60. The summed E-state index contributed by atoms with van der Waals surface area (Å²) in [5.41, 5.74) is 0. The Hall–Kier alpha value is 0.200. The van der Waals surface area contributed by atoms with E-state index < -0.39 is 0 Å². The summed E-state index contributed by atoms with van der Waals surface area (Å²) < 4.78 is 13.3. The number of allylic oxidation sites excluding steroid dienone is 2. The quantitative estimate of drug-likeness (QED) is 0.0276. The van der Waals surface area contributed by atoms with Crippen LogP contribution in [0.4, 0.5) is 0 Å². The molecule has 5 heteroatoms. The molecule has 0 aliphatic rings. The predicted octanol–water partition coefficient (Wildman–Crippen LogP) is 13.8. The van der Waals surface area contributed by atoms with Gasteiger partial charge in [0.15, 0.2) is 0 Å². The van der Waals surface area contributed by atoms with Gasteiger partial charge in [0, 0.05) is 24.0 Å². The monoisotopic (exact) mass is 705 g/mol. The second-order valence-corrected chi connectivity index (χ2v) is 16.6. The van der Waals surface area contributed by atoms with Crippen LogP contribution in [0.5, 0.6) is 0 Å². The van der Waals surface area contributed by atoms with E-state index in [1.54, 1.807) is 0 Å². The van der Waals surface area contributed by atoms with E-state index in [-0.39, 0.29) is 16.9 Å². The fourth-order valence-electron chi connectivity index (χ4n) is 6.31. The van der Waals surface area contributed by atoms with Crippen molar-refractivity contribution in [3.05, 3.63) is 12.2 Å². The maximum absolute atomic E-state index is 6.60. The number of halogens is 2. The Morgan fingerprint density at radius 3 is 1.32 bits per heavy atom. The minimum absolute atomic E-state index is 0.128. The molecule has 0 radical (unpaired) electrons. The molecule has 0 fully saturated rings. The van der Waals surface area contributed by atoms with Gasteiger partial charge in [-0.3, -0.25) is 0 Å². The van der Waals surface area contributed by atoms with Gasteiger partial charge in [-0.2, -0.15) is 0 Å². The molecule has 47 heavy (non-hydrogen) atoms. The highest BCUT2D eigenvalue weighted by Gasteiger charge is 2.19. The van der Waals surface area contributed by atoms with Gasteiger partial charge in [-0.25, -0.2) is 0 Å². The Balaban J connectivity index is 3.72. The van der Waals surface area contributed by atoms with Crippen LogP contribution in [0.3, 0.4) is 0 Å². The van der Waals surface area contributed by atoms with Gasteiger partial charge in [0.05, 0.1) is 27.7 Å². The molecular formula is C42H84Cl2NO2+. The molecule has 3 atom stereocenters. The van der Waals surface area contributed by atoms with Crippen molar-refractivity contribution in [3.63, 3.8) is 0 Å². The normalized spacial score (nSPS) is 14.3. The van der Waals surface area contributed by atoms with Gasteiger partial charge in [-0.1, -0.05) is 154 Å². The third-order valence-corrected chi connectivity index (χ3v) is 10.5. The molecule has 282 valence electrons.